The summed E-state index contributed by atoms with van der Waals surface area (Å²) in [6.45, 7) is 0. The van der Waals surface area contributed by atoms with Crippen LogP contribution in [-0.4, -0.2) is 12.1 Å². The van der Waals surface area contributed by atoms with Gasteiger partial charge in [0.15, 0.2) is 0 Å². The van der Waals surface area contributed by atoms with Crippen molar-refractivity contribution in [3.05, 3.63) is 198 Å². The summed E-state index contributed by atoms with van der Waals surface area (Å²) in [6.07, 6.45) is 22.3. The second kappa shape index (κ2) is 12.1. The van der Waals surface area contributed by atoms with Crippen molar-refractivity contribution < 1.29 is 0 Å². The molecule has 0 N–H and O–H groups in total. The van der Waals surface area contributed by atoms with E-state index in [9.17, 15) is 0 Å². The van der Waals surface area contributed by atoms with Crippen molar-refractivity contribution in [3.63, 3.8) is 0 Å². The average molecular weight is 645 g/mol. The molecule has 50 heavy (non-hydrogen) atoms. The van der Waals surface area contributed by atoms with E-state index in [0.29, 0.717) is 23.8 Å². The molecule has 0 radical (unpaired) electrons. The number of anilines is 3. The molecule has 2 heteroatoms. The molecule has 0 aromatic heterocycles. The average Bonchev–Trinajstić information content (AvgIpc) is 3.71. The van der Waals surface area contributed by atoms with Gasteiger partial charge < -0.3 is 9.80 Å². The van der Waals surface area contributed by atoms with Crippen LogP contribution in [0.2, 0.25) is 0 Å². The van der Waals surface area contributed by atoms with Crippen LogP contribution >= 0.6 is 0 Å². The second-order valence-corrected chi connectivity index (χ2v) is 14.3. The predicted molar refractivity (Wildman–Crippen MR) is 209 cm³/mol. The Kier molecular flexibility index (Phi) is 7.08. The quantitative estimate of drug-likeness (QED) is 0.176. The maximum atomic E-state index is 2.65. The molecule has 0 saturated heterocycles. The summed E-state index contributed by atoms with van der Waals surface area (Å²) in [5.41, 5.74) is 14.8. The predicted octanol–water partition coefficient (Wildman–Crippen LogP) is 11.9. The van der Waals surface area contributed by atoms with E-state index in [1.807, 2.05) is 0 Å². The molecule has 0 saturated carbocycles. The Balaban J connectivity index is 1.05. The zero-order valence-corrected chi connectivity index (χ0v) is 28.1. The van der Waals surface area contributed by atoms with Gasteiger partial charge in [0.05, 0.1) is 6.04 Å². The third-order valence-corrected chi connectivity index (χ3v) is 11.6. The van der Waals surface area contributed by atoms with E-state index in [-0.39, 0.29) is 6.04 Å². The van der Waals surface area contributed by atoms with E-state index in [2.05, 4.69) is 186 Å². The standard InChI is InChI=1S/C48H40N2/c1-3-13-33(14-4-1)35-25-28-38(29-26-35)50-46-24-10-7-19-41(46)43-22-12-21-40(48(43)50)37-27-30-47-44(32-37)42-20-8-9-23-45(42)49(47)39-18-11-17-36(31-39)34-15-5-2-6-16-34/h1-8,10-20,22,24-32,40-42,45-46H,9,21,23H2. The smallest absolute Gasteiger partial charge is 0.0626 e. The lowest BCUT2D eigenvalue weighted by Gasteiger charge is -2.34. The maximum Gasteiger partial charge on any atom is 0.0626 e. The lowest BCUT2D eigenvalue weighted by Crippen LogP contribution is -2.34. The topological polar surface area (TPSA) is 6.48 Å². The lowest BCUT2D eigenvalue weighted by atomic mass is 9.81. The van der Waals surface area contributed by atoms with E-state index < -0.39 is 0 Å². The minimum atomic E-state index is 0.283. The Morgan fingerprint density at radius 2 is 1.28 bits per heavy atom. The summed E-state index contributed by atoms with van der Waals surface area (Å²) in [4.78, 5) is 5.30. The van der Waals surface area contributed by atoms with E-state index in [4.69, 9.17) is 0 Å². The minimum absolute atomic E-state index is 0.283. The number of rotatable bonds is 5. The molecule has 0 bridgehead atoms. The van der Waals surface area contributed by atoms with Gasteiger partial charge in [-0.25, -0.2) is 0 Å². The molecule has 2 heterocycles. The number of benzene rings is 5. The first-order valence-electron chi connectivity index (χ1n) is 18.3. The van der Waals surface area contributed by atoms with Crippen LogP contribution in [0.5, 0.6) is 0 Å². The number of nitrogens with zero attached hydrogens (tertiary/aromatic N) is 2. The molecule has 5 aromatic rings. The summed E-state index contributed by atoms with van der Waals surface area (Å²) in [7, 11) is 0. The van der Waals surface area contributed by atoms with Gasteiger partial charge in [-0.15, -0.1) is 0 Å². The summed E-state index contributed by atoms with van der Waals surface area (Å²) in [5, 5.41) is 0. The van der Waals surface area contributed by atoms with Crippen molar-refractivity contribution in [2.75, 3.05) is 9.80 Å². The molecule has 3 aliphatic carbocycles. The van der Waals surface area contributed by atoms with Crippen molar-refractivity contribution in [2.24, 2.45) is 5.92 Å². The Bertz CT molecular complexity index is 2220. The fourth-order valence-corrected chi connectivity index (χ4v) is 9.33. The molecule has 5 atom stereocenters. The van der Waals surface area contributed by atoms with Crippen LogP contribution in [0.15, 0.2) is 187 Å². The highest BCUT2D eigenvalue weighted by Gasteiger charge is 2.44. The first-order valence-corrected chi connectivity index (χ1v) is 18.3. The van der Waals surface area contributed by atoms with Crippen molar-refractivity contribution in [2.45, 2.75) is 43.2 Å². The number of hydrogen-bond donors (Lipinski definition) is 0. The van der Waals surface area contributed by atoms with Gasteiger partial charge in [0.25, 0.3) is 0 Å². The molecule has 5 aromatic carbocycles. The molecule has 5 aliphatic rings. The second-order valence-electron chi connectivity index (χ2n) is 14.3. The van der Waals surface area contributed by atoms with Crippen molar-refractivity contribution in [1.82, 2.24) is 0 Å². The van der Waals surface area contributed by atoms with Crippen LogP contribution < -0.4 is 9.80 Å². The first-order chi connectivity index (χ1) is 24.8. The molecule has 5 unspecified atom stereocenters. The lowest BCUT2D eigenvalue weighted by molar-refractivity contribution is 0.565. The summed E-state index contributed by atoms with van der Waals surface area (Å²) in [6, 6.07) is 48.0. The molecular weight excluding hydrogens is 605 g/mol. The van der Waals surface area contributed by atoms with Gasteiger partial charge in [-0.3, -0.25) is 0 Å². The van der Waals surface area contributed by atoms with Crippen LogP contribution in [0.1, 0.15) is 42.2 Å². The SMILES string of the molecule is C1=CC2C3=C(C(c4ccc5c(c4)C4C=CCCC4N5c4cccc(-c5ccccc5)c4)CC=C3)N(c3ccc(-c4ccccc4)cc3)C2C=C1. The molecular formula is C48H40N2. The van der Waals surface area contributed by atoms with Gasteiger partial charge in [-0.05, 0) is 88.5 Å². The summed E-state index contributed by atoms with van der Waals surface area (Å²) < 4.78 is 0. The van der Waals surface area contributed by atoms with Crippen LogP contribution in [0, 0.1) is 5.92 Å². The van der Waals surface area contributed by atoms with Crippen LogP contribution in [0.3, 0.4) is 0 Å². The van der Waals surface area contributed by atoms with E-state index >= 15 is 0 Å². The largest absolute Gasteiger partial charge is 0.337 e. The minimum Gasteiger partial charge on any atom is -0.337 e. The maximum absolute atomic E-state index is 2.65. The van der Waals surface area contributed by atoms with Gasteiger partial charge in [-0.2, -0.15) is 0 Å². The number of hydrogen-bond acceptors (Lipinski definition) is 2. The molecule has 0 spiro atoms. The van der Waals surface area contributed by atoms with Crippen LogP contribution in [0.4, 0.5) is 17.1 Å². The van der Waals surface area contributed by atoms with E-state index in [0.717, 1.165) is 19.3 Å². The Morgan fingerprint density at radius 3 is 2.10 bits per heavy atom. The first kappa shape index (κ1) is 29.3. The molecule has 2 aliphatic heterocycles. The van der Waals surface area contributed by atoms with Gasteiger partial charge in [0.2, 0.25) is 0 Å². The van der Waals surface area contributed by atoms with E-state index in [1.165, 1.54) is 61.7 Å². The van der Waals surface area contributed by atoms with Gasteiger partial charge in [0.1, 0.15) is 0 Å². The normalized spacial score (nSPS) is 24.3. The zero-order chi connectivity index (χ0) is 33.0. The van der Waals surface area contributed by atoms with Gasteiger partial charge in [-0.1, -0.05) is 146 Å². The van der Waals surface area contributed by atoms with E-state index in [1.54, 1.807) is 0 Å². The zero-order valence-electron chi connectivity index (χ0n) is 28.1. The number of allylic oxidation sites excluding steroid dienone is 6. The van der Waals surface area contributed by atoms with Gasteiger partial charge in [0, 0.05) is 46.6 Å². The molecule has 0 fully saturated rings. The Morgan fingerprint density at radius 1 is 0.540 bits per heavy atom. The molecule has 242 valence electrons. The van der Waals surface area contributed by atoms with Crippen molar-refractivity contribution in [1.29, 1.82) is 0 Å². The Hall–Kier alpha value is -5.60. The Labute approximate surface area is 295 Å². The highest BCUT2D eigenvalue weighted by molar-refractivity contribution is 5.79. The van der Waals surface area contributed by atoms with Crippen molar-refractivity contribution >= 4 is 17.1 Å². The fourth-order valence-electron chi connectivity index (χ4n) is 9.33. The summed E-state index contributed by atoms with van der Waals surface area (Å²) in [5.74, 6) is 1.05. The monoisotopic (exact) mass is 644 g/mol. The third kappa shape index (κ3) is 4.77. The van der Waals surface area contributed by atoms with Crippen LogP contribution in [-0.2, 0) is 0 Å². The van der Waals surface area contributed by atoms with Crippen LogP contribution in [0.25, 0.3) is 22.3 Å². The third-order valence-electron chi connectivity index (χ3n) is 11.6. The highest BCUT2D eigenvalue weighted by atomic mass is 15.2. The fraction of sp³-hybridized carbons (Fsp3) is 0.167. The highest BCUT2D eigenvalue weighted by Crippen LogP contribution is 2.53. The summed E-state index contributed by atoms with van der Waals surface area (Å²) >= 11 is 0. The molecule has 0 amide bonds. The van der Waals surface area contributed by atoms with Gasteiger partial charge >= 0.3 is 0 Å². The molecule has 10 rings (SSSR count). The number of fused-ring (bicyclic) bond motifs is 5. The van der Waals surface area contributed by atoms with Crippen molar-refractivity contribution in [3.8, 4) is 22.3 Å². The molecule has 2 nitrogen and oxygen atoms in total.